The van der Waals surface area contributed by atoms with Gasteiger partial charge in [0.25, 0.3) is 10.0 Å². The van der Waals surface area contributed by atoms with E-state index in [9.17, 15) is 8.42 Å². The molecule has 0 unspecified atom stereocenters. The molecular weight excluding hydrogens is 250 g/mol. The number of H-pyrrole nitrogens is 1. The zero-order chi connectivity index (χ0) is 13.4. The van der Waals surface area contributed by atoms with Crippen LogP contribution in [0.25, 0.3) is 0 Å². The van der Waals surface area contributed by atoms with Gasteiger partial charge < -0.3 is 4.98 Å². The SMILES string of the molecule is CC(C)(C)C1CCN(S(=O)(=O)c2cnc[nH]2)CC1. The van der Waals surface area contributed by atoms with Crippen LogP contribution in [0, 0.1) is 11.3 Å². The Morgan fingerprint density at radius 2 is 1.94 bits per heavy atom. The van der Waals surface area contributed by atoms with E-state index in [1.807, 2.05) is 0 Å². The molecule has 1 aliphatic rings. The molecule has 0 atom stereocenters. The van der Waals surface area contributed by atoms with Crippen LogP contribution in [0.15, 0.2) is 17.6 Å². The Hall–Kier alpha value is -0.880. The minimum absolute atomic E-state index is 0.191. The molecule has 1 fully saturated rings. The molecule has 2 rings (SSSR count). The molecule has 0 amide bonds. The Balaban J connectivity index is 2.07. The highest BCUT2D eigenvalue weighted by molar-refractivity contribution is 7.89. The first-order valence-corrected chi connectivity index (χ1v) is 7.74. The van der Waals surface area contributed by atoms with Gasteiger partial charge in [0.05, 0.1) is 12.5 Å². The van der Waals surface area contributed by atoms with Gasteiger partial charge >= 0.3 is 0 Å². The van der Waals surface area contributed by atoms with Crippen molar-refractivity contribution in [3.63, 3.8) is 0 Å². The number of sulfonamides is 1. The van der Waals surface area contributed by atoms with Crippen molar-refractivity contribution in [1.82, 2.24) is 14.3 Å². The number of nitrogens with one attached hydrogen (secondary N) is 1. The first-order valence-electron chi connectivity index (χ1n) is 6.30. The summed E-state index contributed by atoms with van der Waals surface area (Å²) in [7, 11) is -3.37. The fraction of sp³-hybridized carbons (Fsp3) is 0.750. The van der Waals surface area contributed by atoms with Crippen LogP contribution in [0.5, 0.6) is 0 Å². The quantitative estimate of drug-likeness (QED) is 0.892. The molecule has 2 heterocycles. The number of imidazole rings is 1. The Morgan fingerprint density at radius 1 is 1.33 bits per heavy atom. The largest absolute Gasteiger partial charge is 0.335 e. The summed E-state index contributed by atoms with van der Waals surface area (Å²) in [5.41, 5.74) is 0.254. The monoisotopic (exact) mass is 271 g/mol. The molecule has 6 heteroatoms. The second kappa shape index (κ2) is 4.66. The van der Waals surface area contributed by atoms with E-state index in [-0.39, 0.29) is 10.4 Å². The second-order valence-corrected chi connectivity index (χ2v) is 7.87. The summed E-state index contributed by atoms with van der Waals surface area (Å²) in [5.74, 6) is 0.589. The lowest BCUT2D eigenvalue weighted by Crippen LogP contribution is -2.41. The van der Waals surface area contributed by atoms with Gasteiger partial charge in [-0.1, -0.05) is 20.8 Å². The molecule has 0 bridgehead atoms. The molecule has 0 spiro atoms. The van der Waals surface area contributed by atoms with Gasteiger partial charge in [-0.3, -0.25) is 0 Å². The van der Waals surface area contributed by atoms with Crippen molar-refractivity contribution in [1.29, 1.82) is 0 Å². The molecule has 0 saturated carbocycles. The minimum Gasteiger partial charge on any atom is -0.335 e. The molecule has 0 aliphatic carbocycles. The number of hydrogen-bond acceptors (Lipinski definition) is 3. The number of rotatable bonds is 2. The fourth-order valence-corrected chi connectivity index (χ4v) is 3.85. The average molecular weight is 271 g/mol. The van der Waals surface area contributed by atoms with Crippen molar-refractivity contribution >= 4 is 10.0 Å². The van der Waals surface area contributed by atoms with Crippen LogP contribution < -0.4 is 0 Å². The lowest BCUT2D eigenvalue weighted by Gasteiger charge is -2.37. The van der Waals surface area contributed by atoms with E-state index in [1.165, 1.54) is 12.5 Å². The third-order valence-electron chi connectivity index (χ3n) is 3.77. The summed E-state index contributed by atoms with van der Waals surface area (Å²) in [4.78, 5) is 6.45. The molecule has 102 valence electrons. The van der Waals surface area contributed by atoms with Crippen molar-refractivity contribution in [3.8, 4) is 0 Å². The Bertz CT molecular complexity index is 480. The van der Waals surface area contributed by atoms with Crippen LogP contribution in [-0.2, 0) is 10.0 Å². The number of hydrogen-bond donors (Lipinski definition) is 1. The van der Waals surface area contributed by atoms with Gasteiger partial charge in [-0.25, -0.2) is 13.4 Å². The van der Waals surface area contributed by atoms with Crippen molar-refractivity contribution in [2.45, 2.75) is 38.6 Å². The molecule has 1 aliphatic heterocycles. The lowest BCUT2D eigenvalue weighted by molar-refractivity contribution is 0.154. The number of aromatic amines is 1. The molecule has 5 nitrogen and oxygen atoms in total. The normalized spacial score (nSPS) is 20.2. The number of nitrogens with zero attached hydrogens (tertiary/aromatic N) is 2. The zero-order valence-electron chi connectivity index (χ0n) is 11.2. The van der Waals surface area contributed by atoms with Crippen LogP contribution >= 0.6 is 0 Å². The highest BCUT2D eigenvalue weighted by Gasteiger charge is 2.34. The summed E-state index contributed by atoms with van der Waals surface area (Å²) < 4.78 is 26.1. The van der Waals surface area contributed by atoms with Crippen LogP contribution in [0.3, 0.4) is 0 Å². The van der Waals surface area contributed by atoms with Gasteiger partial charge in [0, 0.05) is 13.1 Å². The summed E-state index contributed by atoms with van der Waals surface area (Å²) in [6.45, 7) is 7.86. The molecule has 0 radical (unpaired) electrons. The maximum Gasteiger partial charge on any atom is 0.260 e. The molecule has 0 aromatic carbocycles. The molecule has 1 aromatic rings. The van der Waals surface area contributed by atoms with E-state index in [0.29, 0.717) is 19.0 Å². The standard InChI is InChI=1S/C12H21N3O2S/c1-12(2,3)10-4-6-15(7-5-10)18(16,17)11-8-13-9-14-11/h8-10H,4-7H2,1-3H3,(H,13,14). The van der Waals surface area contributed by atoms with Crippen LogP contribution in [-0.4, -0.2) is 35.8 Å². The maximum atomic E-state index is 12.3. The van der Waals surface area contributed by atoms with Crippen molar-refractivity contribution in [2.75, 3.05) is 13.1 Å². The molecule has 18 heavy (non-hydrogen) atoms. The average Bonchev–Trinajstić information content (AvgIpc) is 2.82. The van der Waals surface area contributed by atoms with Crippen molar-refractivity contribution in [2.24, 2.45) is 11.3 Å². The van der Waals surface area contributed by atoms with E-state index < -0.39 is 10.0 Å². The van der Waals surface area contributed by atoms with Gasteiger partial charge in [0.1, 0.15) is 0 Å². The van der Waals surface area contributed by atoms with Crippen molar-refractivity contribution in [3.05, 3.63) is 12.5 Å². The first kappa shape index (κ1) is 13.5. The summed E-state index contributed by atoms with van der Waals surface area (Å²) in [6.07, 6.45) is 4.62. The highest BCUT2D eigenvalue weighted by atomic mass is 32.2. The van der Waals surface area contributed by atoms with Gasteiger partial charge in [0.2, 0.25) is 0 Å². The fourth-order valence-electron chi connectivity index (χ4n) is 2.49. The van der Waals surface area contributed by atoms with Gasteiger partial charge in [-0.05, 0) is 24.2 Å². The third-order valence-corrected chi connectivity index (χ3v) is 5.59. The zero-order valence-corrected chi connectivity index (χ0v) is 12.0. The lowest BCUT2D eigenvalue weighted by atomic mass is 9.76. The van der Waals surface area contributed by atoms with E-state index in [4.69, 9.17) is 0 Å². The van der Waals surface area contributed by atoms with Crippen LogP contribution in [0.2, 0.25) is 0 Å². The maximum absolute atomic E-state index is 12.3. The minimum atomic E-state index is -3.37. The Labute approximate surface area is 109 Å². The van der Waals surface area contributed by atoms with Gasteiger partial charge in [0.15, 0.2) is 5.03 Å². The van der Waals surface area contributed by atoms with Gasteiger partial charge in [-0.15, -0.1) is 0 Å². The Kier molecular flexibility index (Phi) is 3.51. The van der Waals surface area contributed by atoms with E-state index >= 15 is 0 Å². The molecule has 1 N–H and O–H groups in total. The predicted molar refractivity (Wildman–Crippen MR) is 69.5 cm³/mol. The molecular formula is C12H21N3O2S. The molecule has 1 aromatic heterocycles. The van der Waals surface area contributed by atoms with Crippen LogP contribution in [0.1, 0.15) is 33.6 Å². The first-order chi connectivity index (χ1) is 8.32. The predicted octanol–water partition coefficient (Wildman–Crippen LogP) is 1.86. The van der Waals surface area contributed by atoms with E-state index in [2.05, 4.69) is 30.7 Å². The van der Waals surface area contributed by atoms with Crippen molar-refractivity contribution < 1.29 is 8.42 Å². The summed E-state index contributed by atoms with van der Waals surface area (Å²) in [5, 5.41) is 0.191. The Morgan fingerprint density at radius 3 is 2.39 bits per heavy atom. The second-order valence-electron chi connectivity index (χ2n) is 5.96. The summed E-state index contributed by atoms with van der Waals surface area (Å²) >= 11 is 0. The molecule has 1 saturated heterocycles. The highest BCUT2D eigenvalue weighted by Crippen LogP contribution is 2.35. The van der Waals surface area contributed by atoms with E-state index in [0.717, 1.165) is 12.8 Å². The van der Waals surface area contributed by atoms with Gasteiger partial charge in [-0.2, -0.15) is 4.31 Å². The third kappa shape index (κ3) is 2.59. The van der Waals surface area contributed by atoms with E-state index in [1.54, 1.807) is 4.31 Å². The smallest absolute Gasteiger partial charge is 0.260 e. The van der Waals surface area contributed by atoms with Crippen LogP contribution in [0.4, 0.5) is 0 Å². The number of aromatic nitrogens is 2. The topological polar surface area (TPSA) is 66.1 Å². The number of piperidine rings is 1. The summed E-state index contributed by atoms with van der Waals surface area (Å²) in [6, 6.07) is 0.